The summed E-state index contributed by atoms with van der Waals surface area (Å²) in [6.45, 7) is 0. The average molecular weight is 739 g/mol. The van der Waals surface area contributed by atoms with Gasteiger partial charge in [-0.1, -0.05) is 170 Å². The molecule has 0 aliphatic carbocycles. The summed E-state index contributed by atoms with van der Waals surface area (Å²) in [6.07, 6.45) is 0. The van der Waals surface area contributed by atoms with Crippen LogP contribution in [0.1, 0.15) is 0 Å². The lowest BCUT2D eigenvalue weighted by Gasteiger charge is -2.28. The van der Waals surface area contributed by atoms with Crippen LogP contribution in [0.25, 0.3) is 82.4 Å². The maximum Gasteiger partial charge on any atom is 0.0541 e. The Labute approximate surface area is 338 Å². The molecule has 0 aliphatic heterocycles. The molecule has 1 heterocycles. The largest absolute Gasteiger partial charge is 0.310 e. The molecule has 272 valence electrons. The van der Waals surface area contributed by atoms with Crippen molar-refractivity contribution in [3.05, 3.63) is 231 Å². The van der Waals surface area contributed by atoms with E-state index in [0.717, 1.165) is 22.7 Å². The van der Waals surface area contributed by atoms with E-state index in [4.69, 9.17) is 0 Å². The monoisotopic (exact) mass is 738 g/mol. The average Bonchev–Trinajstić information content (AvgIpc) is 3.64. The van der Waals surface area contributed by atoms with Crippen LogP contribution in [0.5, 0.6) is 0 Å². The van der Waals surface area contributed by atoms with E-state index in [1.807, 2.05) is 0 Å². The molecule has 11 aromatic rings. The molecule has 1 aromatic heterocycles. The van der Waals surface area contributed by atoms with Crippen LogP contribution >= 0.6 is 0 Å². The number of hydrogen-bond acceptors (Lipinski definition) is 1. The number of benzene rings is 10. The third-order valence-electron chi connectivity index (χ3n) is 11.6. The minimum absolute atomic E-state index is 1.10. The first-order valence-electron chi connectivity index (χ1n) is 19.9. The van der Waals surface area contributed by atoms with Crippen LogP contribution in [0.4, 0.5) is 17.1 Å². The van der Waals surface area contributed by atoms with Gasteiger partial charge in [0, 0.05) is 33.2 Å². The van der Waals surface area contributed by atoms with E-state index in [2.05, 4.69) is 240 Å². The molecule has 0 amide bonds. The van der Waals surface area contributed by atoms with Crippen molar-refractivity contribution in [1.82, 2.24) is 4.57 Å². The Kier molecular flexibility index (Phi) is 8.19. The van der Waals surface area contributed by atoms with Gasteiger partial charge in [0.25, 0.3) is 0 Å². The number of aromatic nitrogens is 1. The highest BCUT2D eigenvalue weighted by atomic mass is 15.1. The van der Waals surface area contributed by atoms with Crippen LogP contribution in [-0.4, -0.2) is 4.57 Å². The van der Waals surface area contributed by atoms with E-state index in [1.165, 1.54) is 76.7 Å². The Balaban J connectivity index is 1.02. The SMILES string of the molecule is c1ccc(-c2ccc(N(c3ccc(-c4cccc(-n5c6ccccc6c6ccccc65)c4)cc3)c3ccc(-c4ccc5ccccc5c4)c4ccccc34)cc2)cc1. The number of rotatable bonds is 7. The zero-order valence-electron chi connectivity index (χ0n) is 31.8. The molecule has 10 aromatic carbocycles. The molecule has 0 fully saturated rings. The van der Waals surface area contributed by atoms with Gasteiger partial charge in [-0.15, -0.1) is 0 Å². The normalized spacial score (nSPS) is 11.4. The van der Waals surface area contributed by atoms with E-state index in [9.17, 15) is 0 Å². The predicted octanol–water partition coefficient (Wildman–Crippen LogP) is 15.6. The molecule has 0 spiro atoms. The Morgan fingerprint density at radius 2 is 0.810 bits per heavy atom. The second-order valence-electron chi connectivity index (χ2n) is 15.0. The molecule has 2 nitrogen and oxygen atoms in total. The predicted molar refractivity (Wildman–Crippen MR) is 247 cm³/mol. The maximum absolute atomic E-state index is 2.40. The molecule has 0 N–H and O–H groups in total. The number of fused-ring (bicyclic) bond motifs is 5. The standard InChI is InChI=1S/C56H38N2/c1-2-13-39(14-3-1)41-27-31-46(32-28-41)57(56-36-35-49(50-19-6-7-20-51(50)56)45-26-25-40-15-4-5-16-43(40)37-45)47-33-29-42(30-34-47)44-17-12-18-48(38-44)58-54-23-10-8-21-52(54)53-22-9-11-24-55(53)58/h1-38H. The Hall–Kier alpha value is -7.68. The fraction of sp³-hybridized carbons (Fsp3) is 0. The lowest BCUT2D eigenvalue weighted by atomic mass is 9.94. The lowest BCUT2D eigenvalue weighted by molar-refractivity contribution is 1.18. The van der Waals surface area contributed by atoms with E-state index in [-0.39, 0.29) is 0 Å². The first kappa shape index (κ1) is 33.6. The van der Waals surface area contributed by atoms with E-state index >= 15 is 0 Å². The maximum atomic E-state index is 2.40. The first-order valence-corrected chi connectivity index (χ1v) is 19.9. The summed E-state index contributed by atoms with van der Waals surface area (Å²) in [7, 11) is 0. The van der Waals surface area contributed by atoms with Crippen molar-refractivity contribution in [2.75, 3.05) is 4.90 Å². The minimum Gasteiger partial charge on any atom is -0.310 e. The molecule has 0 aliphatic rings. The molecular weight excluding hydrogens is 701 g/mol. The van der Waals surface area contributed by atoms with Gasteiger partial charge in [0.1, 0.15) is 0 Å². The van der Waals surface area contributed by atoms with Crippen LogP contribution in [-0.2, 0) is 0 Å². The van der Waals surface area contributed by atoms with Crippen LogP contribution in [0, 0.1) is 0 Å². The first-order chi connectivity index (χ1) is 28.8. The van der Waals surface area contributed by atoms with Crippen LogP contribution in [0.3, 0.4) is 0 Å². The lowest BCUT2D eigenvalue weighted by Crippen LogP contribution is -2.10. The quantitative estimate of drug-likeness (QED) is 0.158. The van der Waals surface area contributed by atoms with Gasteiger partial charge in [0.15, 0.2) is 0 Å². The summed E-state index contributed by atoms with van der Waals surface area (Å²) in [5.74, 6) is 0. The van der Waals surface area contributed by atoms with Gasteiger partial charge in [-0.05, 0) is 110 Å². The van der Waals surface area contributed by atoms with Gasteiger partial charge in [-0.25, -0.2) is 0 Å². The van der Waals surface area contributed by atoms with Gasteiger partial charge in [0.2, 0.25) is 0 Å². The highest BCUT2D eigenvalue weighted by Crippen LogP contribution is 2.43. The van der Waals surface area contributed by atoms with E-state index in [0.29, 0.717) is 0 Å². The zero-order chi connectivity index (χ0) is 38.4. The van der Waals surface area contributed by atoms with Gasteiger partial charge in [0.05, 0.1) is 16.7 Å². The van der Waals surface area contributed by atoms with Crippen LogP contribution in [0.2, 0.25) is 0 Å². The second kappa shape index (κ2) is 14.1. The third kappa shape index (κ3) is 5.82. The van der Waals surface area contributed by atoms with E-state index < -0.39 is 0 Å². The molecule has 0 atom stereocenters. The molecule has 58 heavy (non-hydrogen) atoms. The molecule has 11 rings (SSSR count). The Morgan fingerprint density at radius 1 is 0.293 bits per heavy atom. The van der Waals surface area contributed by atoms with Gasteiger partial charge in [-0.3, -0.25) is 0 Å². The van der Waals surface area contributed by atoms with Crippen molar-refractivity contribution >= 4 is 60.4 Å². The van der Waals surface area contributed by atoms with Gasteiger partial charge >= 0.3 is 0 Å². The molecule has 0 saturated carbocycles. The van der Waals surface area contributed by atoms with Crippen molar-refractivity contribution in [3.63, 3.8) is 0 Å². The number of hydrogen-bond donors (Lipinski definition) is 0. The van der Waals surface area contributed by atoms with Crippen molar-refractivity contribution in [2.24, 2.45) is 0 Å². The van der Waals surface area contributed by atoms with E-state index in [1.54, 1.807) is 0 Å². The zero-order valence-corrected chi connectivity index (χ0v) is 31.8. The fourth-order valence-electron chi connectivity index (χ4n) is 8.78. The summed E-state index contributed by atoms with van der Waals surface area (Å²) in [4.78, 5) is 2.40. The number of nitrogens with zero attached hydrogens (tertiary/aromatic N) is 2. The third-order valence-corrected chi connectivity index (χ3v) is 11.6. The van der Waals surface area contributed by atoms with Crippen LogP contribution < -0.4 is 4.90 Å². The molecule has 2 heteroatoms. The van der Waals surface area contributed by atoms with Crippen molar-refractivity contribution in [1.29, 1.82) is 0 Å². The van der Waals surface area contributed by atoms with Gasteiger partial charge in [-0.2, -0.15) is 0 Å². The molecule has 0 saturated heterocycles. The molecule has 0 bridgehead atoms. The van der Waals surface area contributed by atoms with Crippen molar-refractivity contribution in [3.8, 4) is 39.1 Å². The number of anilines is 3. The second-order valence-corrected chi connectivity index (χ2v) is 15.0. The summed E-state index contributed by atoms with van der Waals surface area (Å²) in [6, 6.07) is 83.7. The van der Waals surface area contributed by atoms with Gasteiger partial charge < -0.3 is 9.47 Å². The summed E-state index contributed by atoms with van der Waals surface area (Å²) in [5, 5.41) is 7.45. The molecule has 0 unspecified atom stereocenters. The highest BCUT2D eigenvalue weighted by Gasteiger charge is 2.19. The topological polar surface area (TPSA) is 8.17 Å². The minimum atomic E-state index is 1.10. The fourth-order valence-corrected chi connectivity index (χ4v) is 8.78. The van der Waals surface area contributed by atoms with Crippen molar-refractivity contribution in [2.45, 2.75) is 0 Å². The van der Waals surface area contributed by atoms with Crippen molar-refractivity contribution < 1.29 is 0 Å². The summed E-state index contributed by atoms with van der Waals surface area (Å²) >= 11 is 0. The Morgan fingerprint density at radius 3 is 1.50 bits per heavy atom. The highest BCUT2D eigenvalue weighted by molar-refractivity contribution is 6.10. The number of para-hydroxylation sites is 2. The molecular formula is C56H38N2. The molecule has 0 radical (unpaired) electrons. The summed E-state index contributed by atoms with van der Waals surface area (Å²) < 4.78 is 2.38. The summed E-state index contributed by atoms with van der Waals surface area (Å²) in [5.41, 5.74) is 14.1. The Bertz CT molecular complexity index is 3210. The smallest absolute Gasteiger partial charge is 0.0541 e. The van der Waals surface area contributed by atoms with Crippen LogP contribution in [0.15, 0.2) is 231 Å².